The van der Waals surface area contributed by atoms with E-state index in [2.05, 4.69) is 49.3 Å². The number of pyridine rings is 1. The average Bonchev–Trinajstić information content (AvgIpc) is 2.47. The number of rotatable bonds is 6. The van der Waals surface area contributed by atoms with Crippen molar-refractivity contribution in [2.45, 2.75) is 33.2 Å². The van der Waals surface area contributed by atoms with E-state index in [0.717, 1.165) is 24.4 Å². The Kier molecular flexibility index (Phi) is 5.34. The monoisotopic (exact) mass is 284 g/mol. The molecule has 0 fully saturated rings. The van der Waals surface area contributed by atoms with Crippen LogP contribution in [0.1, 0.15) is 35.3 Å². The van der Waals surface area contributed by atoms with E-state index in [9.17, 15) is 0 Å². The number of nitrogens with one attached hydrogen (secondary N) is 1. The highest BCUT2D eigenvalue weighted by atomic mass is 16.5. The van der Waals surface area contributed by atoms with Gasteiger partial charge >= 0.3 is 0 Å². The van der Waals surface area contributed by atoms with E-state index in [1.165, 1.54) is 16.7 Å². The van der Waals surface area contributed by atoms with Gasteiger partial charge in [0.25, 0.3) is 0 Å². The molecule has 1 N–H and O–H groups in total. The number of methoxy groups -OCH3 is 1. The summed E-state index contributed by atoms with van der Waals surface area (Å²) in [5.74, 6) is 0.953. The molecule has 112 valence electrons. The van der Waals surface area contributed by atoms with Crippen molar-refractivity contribution in [2.24, 2.45) is 0 Å². The molecule has 1 unspecified atom stereocenters. The topological polar surface area (TPSA) is 34.2 Å². The Morgan fingerprint density at radius 3 is 2.67 bits per heavy atom. The molecule has 1 atom stereocenters. The molecule has 1 heterocycles. The van der Waals surface area contributed by atoms with Crippen molar-refractivity contribution in [3.63, 3.8) is 0 Å². The van der Waals surface area contributed by atoms with Crippen LogP contribution in [0.2, 0.25) is 0 Å². The summed E-state index contributed by atoms with van der Waals surface area (Å²) < 4.78 is 5.61. The fraction of sp³-hybridized carbons (Fsp3) is 0.389. The summed E-state index contributed by atoms with van der Waals surface area (Å²) in [5.41, 5.74) is 4.80. The van der Waals surface area contributed by atoms with Gasteiger partial charge in [-0.05, 0) is 49.7 Å². The van der Waals surface area contributed by atoms with E-state index in [4.69, 9.17) is 4.74 Å². The first-order valence-electron chi connectivity index (χ1n) is 7.44. The first-order chi connectivity index (χ1) is 10.2. The molecule has 0 spiro atoms. The fourth-order valence-corrected chi connectivity index (χ4v) is 2.81. The number of hydrogen-bond donors (Lipinski definition) is 1. The first kappa shape index (κ1) is 15.5. The molecule has 1 aromatic carbocycles. The van der Waals surface area contributed by atoms with Crippen LogP contribution in [0.3, 0.4) is 0 Å². The summed E-state index contributed by atoms with van der Waals surface area (Å²) >= 11 is 0. The number of likely N-dealkylation sites (N-methyl/N-ethyl adjacent to an activating group) is 1. The Morgan fingerprint density at radius 1 is 1.24 bits per heavy atom. The zero-order valence-electron chi connectivity index (χ0n) is 13.3. The van der Waals surface area contributed by atoms with E-state index < -0.39 is 0 Å². The van der Waals surface area contributed by atoms with Crippen molar-refractivity contribution in [2.75, 3.05) is 13.7 Å². The molecule has 0 amide bonds. The molecule has 2 rings (SSSR count). The smallest absolute Gasteiger partial charge is 0.124 e. The molecule has 0 aliphatic heterocycles. The van der Waals surface area contributed by atoms with Gasteiger partial charge in [0.15, 0.2) is 0 Å². The van der Waals surface area contributed by atoms with Crippen LogP contribution < -0.4 is 10.1 Å². The lowest BCUT2D eigenvalue weighted by molar-refractivity contribution is 0.397. The summed E-state index contributed by atoms with van der Waals surface area (Å²) in [6.45, 7) is 7.28. The summed E-state index contributed by atoms with van der Waals surface area (Å²) in [6, 6.07) is 10.6. The number of benzene rings is 1. The third-order valence-corrected chi connectivity index (χ3v) is 3.65. The van der Waals surface area contributed by atoms with E-state index in [1.807, 2.05) is 18.3 Å². The quantitative estimate of drug-likeness (QED) is 0.880. The molecule has 1 aromatic heterocycles. The van der Waals surface area contributed by atoms with Gasteiger partial charge in [-0.1, -0.05) is 19.1 Å². The second-order valence-corrected chi connectivity index (χ2v) is 5.33. The number of aromatic nitrogens is 1. The Bertz CT molecular complexity index is 581. The molecule has 21 heavy (non-hydrogen) atoms. The molecule has 0 radical (unpaired) electrons. The van der Waals surface area contributed by atoms with Gasteiger partial charge in [0, 0.05) is 29.9 Å². The minimum atomic E-state index is 0.209. The Hall–Kier alpha value is -1.87. The van der Waals surface area contributed by atoms with E-state index in [-0.39, 0.29) is 6.04 Å². The minimum Gasteiger partial charge on any atom is -0.496 e. The van der Waals surface area contributed by atoms with Crippen molar-refractivity contribution in [1.29, 1.82) is 0 Å². The molecular formula is C18H24N2O. The number of nitrogens with zero attached hydrogens (tertiary/aromatic N) is 1. The number of hydrogen-bond acceptors (Lipinski definition) is 3. The molecule has 0 aliphatic rings. The van der Waals surface area contributed by atoms with Crippen LogP contribution in [0.25, 0.3) is 0 Å². The zero-order chi connectivity index (χ0) is 15.2. The predicted octanol–water partition coefficient (Wildman–Crippen LogP) is 3.60. The minimum absolute atomic E-state index is 0.209. The Morgan fingerprint density at radius 2 is 2.05 bits per heavy atom. The third kappa shape index (κ3) is 3.82. The number of aryl methyl sites for hydroxylation is 2. The van der Waals surface area contributed by atoms with Crippen LogP contribution in [-0.4, -0.2) is 18.6 Å². The summed E-state index contributed by atoms with van der Waals surface area (Å²) in [7, 11) is 1.74. The maximum absolute atomic E-state index is 5.61. The first-order valence-corrected chi connectivity index (χ1v) is 7.44. The predicted molar refractivity (Wildman–Crippen MR) is 86.8 cm³/mol. The standard InChI is InChI=1S/C18H24N2O/c1-5-19-16(12-15-8-6-7-9-20-15)18-14(3)10-13(2)11-17(18)21-4/h6-11,16,19H,5,12H2,1-4H3. The Labute approximate surface area is 127 Å². The van der Waals surface area contributed by atoms with E-state index >= 15 is 0 Å². The fourth-order valence-electron chi connectivity index (χ4n) is 2.81. The van der Waals surface area contributed by atoms with Crippen molar-refractivity contribution >= 4 is 0 Å². The van der Waals surface area contributed by atoms with Gasteiger partial charge in [-0.3, -0.25) is 4.98 Å². The van der Waals surface area contributed by atoms with Crippen molar-refractivity contribution in [3.05, 3.63) is 58.9 Å². The maximum Gasteiger partial charge on any atom is 0.124 e. The highest BCUT2D eigenvalue weighted by molar-refractivity contribution is 5.45. The highest BCUT2D eigenvalue weighted by Gasteiger charge is 2.19. The molecule has 0 saturated heterocycles. The van der Waals surface area contributed by atoms with Crippen LogP contribution in [0.4, 0.5) is 0 Å². The second-order valence-electron chi connectivity index (χ2n) is 5.33. The van der Waals surface area contributed by atoms with Crippen molar-refractivity contribution in [1.82, 2.24) is 10.3 Å². The van der Waals surface area contributed by atoms with Gasteiger partial charge in [-0.15, -0.1) is 0 Å². The van der Waals surface area contributed by atoms with Crippen LogP contribution >= 0.6 is 0 Å². The summed E-state index contributed by atoms with van der Waals surface area (Å²) in [6.07, 6.45) is 2.70. The van der Waals surface area contributed by atoms with Crippen LogP contribution in [-0.2, 0) is 6.42 Å². The van der Waals surface area contributed by atoms with Crippen LogP contribution in [0.5, 0.6) is 5.75 Å². The SMILES string of the molecule is CCNC(Cc1ccccn1)c1c(C)cc(C)cc1OC. The lowest BCUT2D eigenvalue weighted by atomic mass is 9.94. The second kappa shape index (κ2) is 7.23. The van der Waals surface area contributed by atoms with Crippen LogP contribution in [0, 0.1) is 13.8 Å². The molecule has 0 bridgehead atoms. The van der Waals surface area contributed by atoms with Crippen molar-refractivity contribution in [3.8, 4) is 5.75 Å². The lowest BCUT2D eigenvalue weighted by Crippen LogP contribution is -2.24. The zero-order valence-corrected chi connectivity index (χ0v) is 13.3. The largest absolute Gasteiger partial charge is 0.496 e. The molecule has 3 nitrogen and oxygen atoms in total. The van der Waals surface area contributed by atoms with Crippen molar-refractivity contribution < 1.29 is 4.74 Å². The molecule has 0 saturated carbocycles. The maximum atomic E-state index is 5.61. The molecular weight excluding hydrogens is 260 g/mol. The normalized spacial score (nSPS) is 12.2. The number of ether oxygens (including phenoxy) is 1. The van der Waals surface area contributed by atoms with Gasteiger partial charge in [0.2, 0.25) is 0 Å². The van der Waals surface area contributed by atoms with Gasteiger partial charge in [-0.2, -0.15) is 0 Å². The van der Waals surface area contributed by atoms with Gasteiger partial charge in [-0.25, -0.2) is 0 Å². The van der Waals surface area contributed by atoms with Gasteiger partial charge in [0.1, 0.15) is 5.75 Å². The van der Waals surface area contributed by atoms with E-state index in [1.54, 1.807) is 7.11 Å². The van der Waals surface area contributed by atoms with Crippen LogP contribution in [0.15, 0.2) is 36.5 Å². The summed E-state index contributed by atoms with van der Waals surface area (Å²) in [5, 5.41) is 3.56. The third-order valence-electron chi connectivity index (χ3n) is 3.65. The average molecular weight is 284 g/mol. The highest BCUT2D eigenvalue weighted by Crippen LogP contribution is 2.31. The Balaban J connectivity index is 2.38. The molecule has 2 aromatic rings. The van der Waals surface area contributed by atoms with Gasteiger partial charge < -0.3 is 10.1 Å². The summed E-state index contributed by atoms with van der Waals surface area (Å²) in [4.78, 5) is 4.45. The van der Waals surface area contributed by atoms with Gasteiger partial charge in [0.05, 0.1) is 7.11 Å². The molecule has 3 heteroatoms. The lowest BCUT2D eigenvalue weighted by Gasteiger charge is -2.23. The molecule has 0 aliphatic carbocycles. The van der Waals surface area contributed by atoms with E-state index in [0.29, 0.717) is 0 Å².